The molecule has 4 nitrogen and oxygen atoms in total. The van der Waals surface area contributed by atoms with Gasteiger partial charge in [-0.15, -0.1) is 0 Å². The maximum absolute atomic E-state index is 13.0. The highest BCUT2D eigenvalue weighted by Crippen LogP contribution is 2.63. The molecule has 2 bridgehead atoms. The first kappa shape index (κ1) is 22.0. The lowest BCUT2D eigenvalue weighted by atomic mass is 9.73. The molecule has 1 amide bonds. The standard InChI is InChI=1S/C27H29F3N2O2/c28-27(29,30)21-4-1-17(2-5-21)19-3-6-22-20(15-19)7-10-26(11-12-26)24(22)32(25(33)34)23-16-31-13-8-18(23)9-14-31/h1-6,15,18,23-24H,7-14,16H2,(H,33,34)/t23-,24?/m1/s1. The molecule has 1 unspecified atom stereocenters. The van der Waals surface area contributed by atoms with Crippen LogP contribution in [0, 0.1) is 11.3 Å². The Morgan fingerprint density at radius 3 is 2.24 bits per heavy atom. The smallest absolute Gasteiger partial charge is 0.416 e. The van der Waals surface area contributed by atoms with Crippen molar-refractivity contribution < 1.29 is 23.1 Å². The predicted molar refractivity (Wildman–Crippen MR) is 122 cm³/mol. The second kappa shape index (κ2) is 7.74. The third kappa shape index (κ3) is 3.60. The molecule has 0 aromatic heterocycles. The van der Waals surface area contributed by atoms with E-state index in [9.17, 15) is 23.1 Å². The van der Waals surface area contributed by atoms with E-state index >= 15 is 0 Å². The van der Waals surface area contributed by atoms with Gasteiger partial charge in [-0.05, 0) is 97.3 Å². The predicted octanol–water partition coefficient (Wildman–Crippen LogP) is 6.21. The number of carboxylic acid groups (broad SMARTS) is 1. The Hall–Kier alpha value is -2.54. The average molecular weight is 471 g/mol. The first-order valence-corrected chi connectivity index (χ1v) is 12.3. The number of nitrogens with zero attached hydrogens (tertiary/aromatic N) is 2. The van der Waals surface area contributed by atoms with E-state index in [0.717, 1.165) is 92.5 Å². The van der Waals surface area contributed by atoms with Crippen molar-refractivity contribution in [2.75, 3.05) is 19.6 Å². The lowest BCUT2D eigenvalue weighted by Crippen LogP contribution is -2.60. The van der Waals surface area contributed by atoms with E-state index in [4.69, 9.17) is 0 Å². The van der Waals surface area contributed by atoms with Crippen molar-refractivity contribution in [3.63, 3.8) is 0 Å². The normalized spacial score (nSPS) is 29.0. The van der Waals surface area contributed by atoms with Crippen LogP contribution < -0.4 is 0 Å². The van der Waals surface area contributed by atoms with Crippen molar-refractivity contribution in [3.8, 4) is 11.1 Å². The number of hydrogen-bond donors (Lipinski definition) is 1. The molecular formula is C27H29F3N2O2. The van der Waals surface area contributed by atoms with Gasteiger partial charge in [0.25, 0.3) is 0 Å². The first-order valence-electron chi connectivity index (χ1n) is 12.3. The molecule has 1 saturated carbocycles. The number of piperidine rings is 3. The van der Waals surface area contributed by atoms with E-state index < -0.39 is 17.8 Å². The molecule has 3 saturated heterocycles. The number of carbonyl (C=O) groups is 1. The molecule has 180 valence electrons. The third-order valence-electron chi connectivity index (χ3n) is 8.83. The monoisotopic (exact) mass is 470 g/mol. The van der Waals surface area contributed by atoms with Gasteiger partial charge >= 0.3 is 12.3 Å². The van der Waals surface area contributed by atoms with Gasteiger partial charge in [0.05, 0.1) is 17.6 Å². The summed E-state index contributed by atoms with van der Waals surface area (Å²) < 4.78 is 38.9. The maximum atomic E-state index is 13.0. The molecule has 1 N–H and O–H groups in total. The topological polar surface area (TPSA) is 43.8 Å². The van der Waals surface area contributed by atoms with Crippen LogP contribution >= 0.6 is 0 Å². The summed E-state index contributed by atoms with van der Waals surface area (Å²) in [6.07, 6.45) is 0.914. The van der Waals surface area contributed by atoms with Crippen LogP contribution in [0.25, 0.3) is 11.1 Å². The van der Waals surface area contributed by atoms with Gasteiger partial charge in [0.2, 0.25) is 0 Å². The highest BCUT2D eigenvalue weighted by molar-refractivity contribution is 5.69. The second-order valence-electron chi connectivity index (χ2n) is 10.6. The number of rotatable bonds is 3. The molecule has 7 rings (SSSR count). The molecule has 7 heteroatoms. The van der Waals surface area contributed by atoms with Crippen LogP contribution in [0.3, 0.4) is 0 Å². The Bertz CT molecular complexity index is 1100. The zero-order valence-electron chi connectivity index (χ0n) is 19.0. The number of fused-ring (bicyclic) bond motifs is 4. The Morgan fingerprint density at radius 2 is 1.68 bits per heavy atom. The molecule has 2 aromatic rings. The van der Waals surface area contributed by atoms with Crippen LogP contribution in [0.2, 0.25) is 0 Å². The molecule has 3 aliphatic heterocycles. The zero-order chi connectivity index (χ0) is 23.7. The van der Waals surface area contributed by atoms with Gasteiger partial charge in [0.15, 0.2) is 0 Å². The molecule has 0 radical (unpaired) electrons. The van der Waals surface area contributed by atoms with E-state index in [1.165, 1.54) is 12.1 Å². The fourth-order valence-corrected chi connectivity index (χ4v) is 6.79. The lowest BCUT2D eigenvalue weighted by Gasteiger charge is -2.52. The van der Waals surface area contributed by atoms with E-state index in [-0.39, 0.29) is 17.5 Å². The molecule has 2 atom stereocenters. The quantitative estimate of drug-likeness (QED) is 0.580. The lowest BCUT2D eigenvalue weighted by molar-refractivity contribution is -0.137. The number of amides is 1. The molecule has 34 heavy (non-hydrogen) atoms. The fourth-order valence-electron chi connectivity index (χ4n) is 6.79. The minimum atomic E-state index is -4.35. The number of benzene rings is 2. The summed E-state index contributed by atoms with van der Waals surface area (Å²) in [4.78, 5) is 16.9. The number of hydrogen-bond acceptors (Lipinski definition) is 2. The van der Waals surface area contributed by atoms with Gasteiger partial charge in [0.1, 0.15) is 0 Å². The van der Waals surface area contributed by atoms with Crippen LogP contribution in [0.1, 0.15) is 54.8 Å². The highest BCUT2D eigenvalue weighted by Gasteiger charge is 2.57. The van der Waals surface area contributed by atoms with Crippen LogP contribution in [-0.4, -0.2) is 46.7 Å². The van der Waals surface area contributed by atoms with Crippen molar-refractivity contribution >= 4 is 6.09 Å². The largest absolute Gasteiger partial charge is 0.465 e. The van der Waals surface area contributed by atoms with Crippen LogP contribution in [0.4, 0.5) is 18.0 Å². The van der Waals surface area contributed by atoms with Gasteiger partial charge < -0.3 is 10.0 Å². The Morgan fingerprint density at radius 1 is 1.00 bits per heavy atom. The van der Waals surface area contributed by atoms with Gasteiger partial charge in [0, 0.05) is 6.54 Å². The summed E-state index contributed by atoms with van der Waals surface area (Å²) in [5.74, 6) is 0.425. The summed E-state index contributed by atoms with van der Waals surface area (Å²) in [5, 5.41) is 10.4. The first-order chi connectivity index (χ1) is 16.2. The van der Waals surface area contributed by atoms with Gasteiger partial charge in [-0.2, -0.15) is 13.2 Å². The number of halogens is 3. The highest BCUT2D eigenvalue weighted by atomic mass is 19.4. The van der Waals surface area contributed by atoms with E-state index in [1.54, 1.807) is 4.90 Å². The van der Waals surface area contributed by atoms with Gasteiger partial charge in [-0.3, -0.25) is 4.90 Å². The summed E-state index contributed by atoms with van der Waals surface area (Å²) in [7, 11) is 0. The SMILES string of the molecule is O=C(O)N(C1c2ccc(-c3ccc(C(F)(F)F)cc3)cc2CCC12CC2)[C@@H]1CN2CCC1CC2. The maximum Gasteiger partial charge on any atom is 0.416 e. The van der Waals surface area contributed by atoms with Crippen molar-refractivity contribution in [1.29, 1.82) is 0 Å². The number of aryl methyl sites for hydroxylation is 1. The van der Waals surface area contributed by atoms with Crippen molar-refractivity contribution in [2.45, 2.75) is 56.8 Å². The van der Waals surface area contributed by atoms with Crippen molar-refractivity contribution in [1.82, 2.24) is 9.80 Å². The molecule has 4 fully saturated rings. The summed E-state index contributed by atoms with van der Waals surface area (Å²) in [6.45, 7) is 2.96. The van der Waals surface area contributed by atoms with Crippen molar-refractivity contribution in [2.24, 2.45) is 11.3 Å². The Kier molecular flexibility index (Phi) is 5.00. The molecule has 3 heterocycles. The van der Waals surface area contributed by atoms with Crippen LogP contribution in [-0.2, 0) is 12.6 Å². The minimum absolute atomic E-state index is 0.0306. The van der Waals surface area contributed by atoms with E-state index in [2.05, 4.69) is 11.0 Å². The summed E-state index contributed by atoms with van der Waals surface area (Å²) in [6, 6.07) is 11.2. The Labute approximate surface area is 197 Å². The molecule has 5 aliphatic rings. The molecule has 1 spiro atoms. The van der Waals surface area contributed by atoms with Gasteiger partial charge in [-0.25, -0.2) is 4.79 Å². The third-order valence-corrected chi connectivity index (χ3v) is 8.83. The molecule has 2 aromatic carbocycles. The Balaban J connectivity index is 1.36. The van der Waals surface area contributed by atoms with Crippen LogP contribution in [0.15, 0.2) is 42.5 Å². The van der Waals surface area contributed by atoms with E-state index in [1.807, 2.05) is 12.1 Å². The summed E-state index contributed by atoms with van der Waals surface area (Å²) >= 11 is 0. The average Bonchev–Trinajstić information content (AvgIpc) is 3.61. The molecule has 2 aliphatic carbocycles. The summed E-state index contributed by atoms with van der Waals surface area (Å²) in [5.41, 5.74) is 3.23. The van der Waals surface area contributed by atoms with Crippen LogP contribution in [0.5, 0.6) is 0 Å². The van der Waals surface area contributed by atoms with Gasteiger partial charge in [-0.1, -0.05) is 30.3 Å². The van der Waals surface area contributed by atoms with E-state index in [0.29, 0.717) is 5.92 Å². The fraction of sp³-hybridized carbons (Fsp3) is 0.519. The zero-order valence-corrected chi connectivity index (χ0v) is 19.0. The second-order valence-corrected chi connectivity index (χ2v) is 10.6. The number of alkyl halides is 3. The minimum Gasteiger partial charge on any atom is -0.465 e. The molecular weight excluding hydrogens is 441 g/mol. The van der Waals surface area contributed by atoms with Crippen molar-refractivity contribution in [3.05, 3.63) is 59.2 Å².